The molecule has 0 aliphatic carbocycles. The number of hydrogen-bond donors (Lipinski definition) is 1. The minimum atomic E-state index is -0.409. The molecule has 1 aliphatic heterocycles. The van der Waals surface area contributed by atoms with Crippen LogP contribution in [0.25, 0.3) is 17.0 Å². The second-order valence-corrected chi connectivity index (χ2v) is 8.20. The summed E-state index contributed by atoms with van der Waals surface area (Å²) in [6.07, 6.45) is 2.02. The maximum atomic E-state index is 14.0. The van der Waals surface area contributed by atoms with E-state index in [1.54, 1.807) is 18.2 Å². The van der Waals surface area contributed by atoms with Crippen molar-refractivity contribution in [2.45, 2.75) is 32.7 Å². The number of benzene rings is 2. The molecule has 1 aromatic heterocycles. The van der Waals surface area contributed by atoms with Crippen molar-refractivity contribution < 1.29 is 8.91 Å². The molecule has 1 atom stereocenters. The van der Waals surface area contributed by atoms with E-state index in [1.165, 1.54) is 12.1 Å². The van der Waals surface area contributed by atoms with Gasteiger partial charge in [-0.15, -0.1) is 0 Å². The molecule has 0 saturated carbocycles. The summed E-state index contributed by atoms with van der Waals surface area (Å²) in [5, 5.41) is 8.68. The van der Waals surface area contributed by atoms with Gasteiger partial charge in [-0.2, -0.15) is 4.98 Å². The molecule has 2 heterocycles. The molecule has 1 aliphatic rings. The van der Waals surface area contributed by atoms with Crippen LogP contribution in [0.3, 0.4) is 0 Å². The summed E-state index contributed by atoms with van der Waals surface area (Å²) in [4.78, 5) is 6.67. The standard InChI is InChI=1S/C23H22ClFN4OS/c1-3-4-11-29-14(2)19(20(26-23(29)31)15-7-6-10-18(25)13-15)22-27-21(28-30-22)16-8-5-9-17(24)12-16/h5-10,12-13,20H,3-4,11H2,1-2H3,(H,26,31). The fraction of sp³-hybridized carbons (Fsp3) is 0.261. The van der Waals surface area contributed by atoms with Gasteiger partial charge in [0.25, 0.3) is 5.89 Å². The number of unbranched alkanes of at least 4 members (excludes halogenated alkanes) is 1. The van der Waals surface area contributed by atoms with Crippen LogP contribution in [0.5, 0.6) is 0 Å². The number of thiocarbonyl (C=S) groups is 1. The molecule has 0 radical (unpaired) electrons. The van der Waals surface area contributed by atoms with Gasteiger partial charge in [-0.05, 0) is 55.4 Å². The summed E-state index contributed by atoms with van der Waals surface area (Å²) < 4.78 is 19.7. The Kier molecular flexibility index (Phi) is 6.34. The van der Waals surface area contributed by atoms with Crippen LogP contribution in [0.2, 0.25) is 5.02 Å². The number of halogens is 2. The minimum absolute atomic E-state index is 0.319. The van der Waals surface area contributed by atoms with E-state index >= 15 is 0 Å². The largest absolute Gasteiger partial charge is 0.351 e. The predicted molar refractivity (Wildman–Crippen MR) is 124 cm³/mol. The molecular formula is C23H22ClFN4OS. The van der Waals surface area contributed by atoms with Crippen LogP contribution in [0.15, 0.2) is 58.8 Å². The Morgan fingerprint density at radius 2 is 2.03 bits per heavy atom. The average Bonchev–Trinajstić information content (AvgIpc) is 3.23. The van der Waals surface area contributed by atoms with Gasteiger partial charge in [-0.3, -0.25) is 0 Å². The molecule has 31 heavy (non-hydrogen) atoms. The van der Waals surface area contributed by atoms with Gasteiger partial charge in [0.2, 0.25) is 5.82 Å². The van der Waals surface area contributed by atoms with E-state index in [9.17, 15) is 4.39 Å². The zero-order chi connectivity index (χ0) is 22.0. The van der Waals surface area contributed by atoms with E-state index in [1.807, 2.05) is 30.0 Å². The molecule has 0 spiro atoms. The summed E-state index contributed by atoms with van der Waals surface area (Å²) in [6.45, 7) is 4.88. The Morgan fingerprint density at radius 1 is 1.23 bits per heavy atom. The number of nitrogens with zero attached hydrogens (tertiary/aromatic N) is 3. The molecule has 160 valence electrons. The van der Waals surface area contributed by atoms with Gasteiger partial charge in [-0.25, -0.2) is 4.39 Å². The Balaban J connectivity index is 1.81. The van der Waals surface area contributed by atoms with Gasteiger partial charge in [0.15, 0.2) is 5.11 Å². The van der Waals surface area contributed by atoms with E-state index < -0.39 is 6.04 Å². The highest BCUT2D eigenvalue weighted by Crippen LogP contribution is 2.37. The second kappa shape index (κ2) is 9.16. The van der Waals surface area contributed by atoms with Crippen molar-refractivity contribution >= 4 is 34.5 Å². The van der Waals surface area contributed by atoms with Crippen LogP contribution in [-0.2, 0) is 0 Å². The summed E-state index contributed by atoms with van der Waals surface area (Å²) in [5.41, 5.74) is 3.17. The first-order chi connectivity index (χ1) is 15.0. The third-order valence-corrected chi connectivity index (χ3v) is 5.83. The lowest BCUT2D eigenvalue weighted by atomic mass is 9.94. The SMILES string of the molecule is CCCCN1C(=S)NC(c2cccc(F)c2)C(c2nc(-c3cccc(Cl)c3)no2)=C1C. The molecule has 3 aromatic rings. The number of aromatic nitrogens is 2. The normalized spacial score (nSPS) is 16.6. The lowest BCUT2D eigenvalue weighted by Gasteiger charge is -2.37. The summed E-state index contributed by atoms with van der Waals surface area (Å²) in [7, 11) is 0. The molecular weight excluding hydrogens is 435 g/mol. The van der Waals surface area contributed by atoms with Crippen molar-refractivity contribution in [3.05, 3.63) is 76.5 Å². The second-order valence-electron chi connectivity index (χ2n) is 7.38. The topological polar surface area (TPSA) is 54.2 Å². The van der Waals surface area contributed by atoms with E-state index in [-0.39, 0.29) is 5.82 Å². The zero-order valence-corrected chi connectivity index (χ0v) is 18.8. The van der Waals surface area contributed by atoms with Gasteiger partial charge in [0.05, 0.1) is 11.6 Å². The zero-order valence-electron chi connectivity index (χ0n) is 17.2. The molecule has 4 rings (SSSR count). The molecule has 8 heteroatoms. The smallest absolute Gasteiger partial charge is 0.258 e. The van der Waals surface area contributed by atoms with Crippen LogP contribution in [0, 0.1) is 5.82 Å². The van der Waals surface area contributed by atoms with Crippen LogP contribution in [0.1, 0.15) is 44.2 Å². The summed E-state index contributed by atoms with van der Waals surface area (Å²) >= 11 is 11.7. The van der Waals surface area contributed by atoms with Crippen molar-refractivity contribution in [3.63, 3.8) is 0 Å². The lowest BCUT2D eigenvalue weighted by molar-refractivity contribution is 0.395. The van der Waals surface area contributed by atoms with E-state index in [0.717, 1.165) is 41.8 Å². The van der Waals surface area contributed by atoms with Gasteiger partial charge >= 0.3 is 0 Å². The number of rotatable bonds is 6. The van der Waals surface area contributed by atoms with Gasteiger partial charge in [0.1, 0.15) is 5.82 Å². The molecule has 0 bridgehead atoms. The third-order valence-electron chi connectivity index (χ3n) is 5.25. The lowest BCUT2D eigenvalue weighted by Crippen LogP contribution is -2.46. The molecule has 5 nitrogen and oxygen atoms in total. The molecule has 0 fully saturated rings. The molecule has 0 saturated heterocycles. The maximum Gasteiger partial charge on any atom is 0.258 e. The van der Waals surface area contributed by atoms with Crippen molar-refractivity contribution in [2.75, 3.05) is 6.54 Å². The highest BCUT2D eigenvalue weighted by molar-refractivity contribution is 7.80. The quantitative estimate of drug-likeness (QED) is 0.459. The van der Waals surface area contributed by atoms with Crippen LogP contribution in [0.4, 0.5) is 4.39 Å². The first-order valence-corrected chi connectivity index (χ1v) is 10.9. The number of nitrogens with one attached hydrogen (secondary N) is 1. The Hall–Kier alpha value is -2.77. The molecule has 1 N–H and O–H groups in total. The molecule has 1 unspecified atom stereocenters. The number of allylic oxidation sites excluding steroid dienone is 1. The summed E-state index contributed by atoms with van der Waals surface area (Å²) in [5.74, 6) is 0.475. The van der Waals surface area contributed by atoms with Crippen molar-refractivity contribution in [1.29, 1.82) is 0 Å². The van der Waals surface area contributed by atoms with E-state index in [4.69, 9.17) is 28.3 Å². The Bertz CT molecular complexity index is 1150. The number of hydrogen-bond acceptors (Lipinski definition) is 4. The fourth-order valence-electron chi connectivity index (χ4n) is 3.66. The monoisotopic (exact) mass is 456 g/mol. The minimum Gasteiger partial charge on any atom is -0.351 e. The molecule has 2 aromatic carbocycles. The fourth-order valence-corrected chi connectivity index (χ4v) is 4.19. The Morgan fingerprint density at radius 3 is 2.77 bits per heavy atom. The summed E-state index contributed by atoms with van der Waals surface area (Å²) in [6, 6.07) is 13.3. The third kappa shape index (κ3) is 4.48. The van der Waals surface area contributed by atoms with E-state index in [0.29, 0.717) is 21.9 Å². The first-order valence-electron chi connectivity index (χ1n) is 10.1. The Labute approximate surface area is 190 Å². The maximum absolute atomic E-state index is 14.0. The van der Waals surface area contributed by atoms with Gasteiger partial charge in [-0.1, -0.05) is 54.4 Å². The van der Waals surface area contributed by atoms with Gasteiger partial charge in [0, 0.05) is 22.8 Å². The average molecular weight is 457 g/mol. The predicted octanol–water partition coefficient (Wildman–Crippen LogP) is 5.99. The molecule has 0 amide bonds. The van der Waals surface area contributed by atoms with Crippen LogP contribution < -0.4 is 5.32 Å². The van der Waals surface area contributed by atoms with Crippen LogP contribution >= 0.6 is 23.8 Å². The van der Waals surface area contributed by atoms with Crippen molar-refractivity contribution in [2.24, 2.45) is 0 Å². The van der Waals surface area contributed by atoms with E-state index in [2.05, 4.69) is 22.4 Å². The highest BCUT2D eigenvalue weighted by atomic mass is 35.5. The first kappa shape index (κ1) is 21.5. The van der Waals surface area contributed by atoms with Crippen molar-refractivity contribution in [1.82, 2.24) is 20.4 Å². The van der Waals surface area contributed by atoms with Crippen LogP contribution in [-0.4, -0.2) is 26.7 Å². The highest BCUT2D eigenvalue weighted by Gasteiger charge is 2.34. The van der Waals surface area contributed by atoms with Gasteiger partial charge < -0.3 is 14.7 Å². The van der Waals surface area contributed by atoms with Crippen molar-refractivity contribution in [3.8, 4) is 11.4 Å².